The van der Waals surface area contributed by atoms with Crippen molar-refractivity contribution in [2.45, 2.75) is 36.3 Å². The number of phenolic OH excluding ortho intramolecular Hbond substituents is 1. The summed E-state index contributed by atoms with van der Waals surface area (Å²) in [7, 11) is 4.91. The smallest absolute Gasteiger partial charge is 0.218 e. The molecule has 6 nitrogen and oxygen atoms in total. The van der Waals surface area contributed by atoms with Gasteiger partial charge in [0.15, 0.2) is 17.3 Å². The number of phenols is 1. The molecule has 1 aliphatic heterocycles. The molecule has 2 aliphatic carbocycles. The second-order valence-corrected chi connectivity index (χ2v) is 7.22. The summed E-state index contributed by atoms with van der Waals surface area (Å²) >= 11 is 0. The monoisotopic (exact) mass is 345 g/mol. The fraction of sp³-hybridized carbons (Fsp3) is 0.526. The summed E-state index contributed by atoms with van der Waals surface area (Å²) < 4.78 is 10.6. The van der Waals surface area contributed by atoms with Crippen molar-refractivity contribution in [2.24, 2.45) is 0 Å². The highest BCUT2D eigenvalue weighted by molar-refractivity contribution is 6.04. The molecule has 0 aromatic heterocycles. The van der Waals surface area contributed by atoms with Crippen molar-refractivity contribution in [3.63, 3.8) is 0 Å². The SMILES string of the molecule is COC1=CC[C@]23CCN(C)[C@]2(C[C@@H](O)c2ccc(OC)c(O)c23)C1=O. The maximum Gasteiger partial charge on any atom is 0.218 e. The van der Waals surface area contributed by atoms with Crippen molar-refractivity contribution in [2.75, 3.05) is 27.8 Å². The van der Waals surface area contributed by atoms with Gasteiger partial charge in [0.25, 0.3) is 0 Å². The number of aromatic hydroxyl groups is 1. The molecule has 0 unspecified atom stereocenters. The number of carbonyl (C=O) groups excluding carboxylic acids is 1. The van der Waals surface area contributed by atoms with Crippen LogP contribution in [0.4, 0.5) is 0 Å². The minimum absolute atomic E-state index is 0.0282. The van der Waals surface area contributed by atoms with Crippen LogP contribution in [-0.4, -0.2) is 54.2 Å². The van der Waals surface area contributed by atoms with E-state index in [1.54, 1.807) is 12.1 Å². The molecular weight excluding hydrogens is 322 g/mol. The van der Waals surface area contributed by atoms with Crippen LogP contribution in [0.2, 0.25) is 0 Å². The lowest BCUT2D eigenvalue weighted by molar-refractivity contribution is -0.136. The van der Waals surface area contributed by atoms with Crippen LogP contribution >= 0.6 is 0 Å². The molecule has 2 N–H and O–H groups in total. The van der Waals surface area contributed by atoms with Gasteiger partial charge in [-0.15, -0.1) is 0 Å². The van der Waals surface area contributed by atoms with Crippen molar-refractivity contribution in [3.8, 4) is 11.5 Å². The van der Waals surface area contributed by atoms with E-state index >= 15 is 0 Å². The Balaban J connectivity index is 2.06. The fourth-order valence-electron chi connectivity index (χ4n) is 5.32. The highest BCUT2D eigenvalue weighted by Crippen LogP contribution is 2.63. The standard InChI is InChI=1S/C19H23NO5/c1-20-9-8-18-7-6-14(25-3)17(23)19(18,20)10-12(21)11-4-5-13(24-2)16(22)15(11)18/h4-6,12,21-22H,7-10H2,1-3H3/t12-,18-,19-/m1/s1. The minimum Gasteiger partial charge on any atom is -0.504 e. The fourth-order valence-corrected chi connectivity index (χ4v) is 5.32. The van der Waals surface area contributed by atoms with Gasteiger partial charge in [0.05, 0.1) is 20.3 Å². The molecule has 0 amide bonds. The van der Waals surface area contributed by atoms with Crippen LogP contribution in [0, 0.1) is 0 Å². The number of allylic oxidation sites excluding steroid dienone is 1. The van der Waals surface area contributed by atoms with Crippen LogP contribution in [0.25, 0.3) is 0 Å². The van der Waals surface area contributed by atoms with E-state index in [0.29, 0.717) is 42.0 Å². The number of aliphatic hydroxyl groups excluding tert-OH is 1. The number of likely N-dealkylation sites (N-methyl/N-ethyl adjacent to an activating group) is 1. The number of nitrogens with zero attached hydrogens (tertiary/aromatic N) is 1. The number of likely N-dealkylation sites (tertiary alicyclic amines) is 1. The summed E-state index contributed by atoms with van der Waals surface area (Å²) in [6.07, 6.45) is 2.58. The zero-order chi connectivity index (χ0) is 18.0. The summed E-state index contributed by atoms with van der Waals surface area (Å²) in [5.74, 6) is 0.607. The van der Waals surface area contributed by atoms with Gasteiger partial charge in [-0.05, 0) is 44.1 Å². The van der Waals surface area contributed by atoms with Crippen LogP contribution in [0.5, 0.6) is 11.5 Å². The quantitative estimate of drug-likeness (QED) is 0.849. The van der Waals surface area contributed by atoms with Gasteiger partial charge in [0.1, 0.15) is 5.54 Å². The van der Waals surface area contributed by atoms with E-state index in [9.17, 15) is 15.0 Å². The Morgan fingerprint density at radius 3 is 2.72 bits per heavy atom. The molecule has 1 aromatic rings. The first-order chi connectivity index (χ1) is 11.9. The maximum atomic E-state index is 13.4. The molecule has 0 saturated carbocycles. The molecule has 3 atom stereocenters. The lowest BCUT2D eigenvalue weighted by Gasteiger charge is -2.54. The second kappa shape index (κ2) is 5.22. The van der Waals surface area contributed by atoms with Crippen molar-refractivity contribution >= 4 is 5.78 Å². The van der Waals surface area contributed by atoms with Crippen LogP contribution in [0.3, 0.4) is 0 Å². The van der Waals surface area contributed by atoms with E-state index < -0.39 is 17.1 Å². The molecule has 25 heavy (non-hydrogen) atoms. The highest BCUT2D eigenvalue weighted by Gasteiger charge is 2.68. The van der Waals surface area contributed by atoms with Crippen LogP contribution in [0.15, 0.2) is 24.0 Å². The lowest BCUT2D eigenvalue weighted by Crippen LogP contribution is -2.65. The van der Waals surface area contributed by atoms with Crippen LogP contribution in [-0.2, 0) is 14.9 Å². The topological polar surface area (TPSA) is 79.2 Å². The Hall–Kier alpha value is -2.05. The third kappa shape index (κ3) is 1.74. The number of Topliss-reactive ketones (excluding diaryl/α,β-unsaturated/α-hetero) is 1. The normalized spacial score (nSPS) is 34.0. The van der Waals surface area contributed by atoms with Gasteiger partial charge in [-0.1, -0.05) is 6.07 Å². The zero-order valence-corrected chi connectivity index (χ0v) is 14.7. The predicted octanol–water partition coefficient (Wildman–Crippen LogP) is 1.65. The molecule has 1 fully saturated rings. The first-order valence-corrected chi connectivity index (χ1v) is 8.51. The lowest BCUT2D eigenvalue weighted by atomic mass is 9.53. The summed E-state index contributed by atoms with van der Waals surface area (Å²) in [5, 5.41) is 21.7. The predicted molar refractivity (Wildman–Crippen MR) is 90.6 cm³/mol. The van der Waals surface area contributed by atoms with Gasteiger partial charge < -0.3 is 19.7 Å². The number of ether oxygens (including phenoxy) is 2. The Morgan fingerprint density at radius 2 is 2.04 bits per heavy atom. The first kappa shape index (κ1) is 16.4. The van der Waals surface area contributed by atoms with Gasteiger partial charge in [-0.25, -0.2) is 0 Å². The number of rotatable bonds is 2. The van der Waals surface area contributed by atoms with Gasteiger partial charge in [0.2, 0.25) is 5.78 Å². The second-order valence-electron chi connectivity index (χ2n) is 7.22. The van der Waals surface area contributed by atoms with Crippen molar-refractivity contribution in [3.05, 3.63) is 35.1 Å². The van der Waals surface area contributed by atoms with Crippen LogP contribution in [0.1, 0.15) is 36.5 Å². The van der Waals surface area contributed by atoms with Crippen molar-refractivity contribution in [1.82, 2.24) is 4.90 Å². The van der Waals surface area contributed by atoms with E-state index in [1.165, 1.54) is 14.2 Å². The number of carbonyl (C=O) groups is 1. The largest absolute Gasteiger partial charge is 0.504 e. The van der Waals surface area contributed by atoms with Crippen molar-refractivity contribution in [1.29, 1.82) is 0 Å². The molecule has 6 heteroatoms. The third-order valence-electron chi connectivity index (χ3n) is 6.49. The number of benzene rings is 1. The Bertz CT molecular complexity index is 788. The number of hydrogen-bond donors (Lipinski definition) is 2. The summed E-state index contributed by atoms with van der Waals surface area (Å²) in [5.41, 5.74) is -0.168. The average Bonchev–Trinajstić information content (AvgIpc) is 2.90. The number of aliphatic hydroxyl groups is 1. The molecule has 1 saturated heterocycles. The molecule has 1 aromatic carbocycles. The number of hydrogen-bond acceptors (Lipinski definition) is 6. The van der Waals surface area contributed by atoms with E-state index in [-0.39, 0.29) is 11.5 Å². The number of ketones is 1. The molecule has 3 aliphatic rings. The van der Waals surface area contributed by atoms with Crippen molar-refractivity contribution < 1.29 is 24.5 Å². The van der Waals surface area contributed by atoms with E-state index in [4.69, 9.17) is 9.47 Å². The van der Waals surface area contributed by atoms with E-state index in [0.717, 1.165) is 6.42 Å². The van der Waals surface area contributed by atoms with E-state index in [1.807, 2.05) is 18.0 Å². The average molecular weight is 345 g/mol. The van der Waals surface area contributed by atoms with Gasteiger partial charge in [0, 0.05) is 17.4 Å². The highest BCUT2D eigenvalue weighted by atomic mass is 16.5. The Labute approximate surface area is 146 Å². The maximum absolute atomic E-state index is 13.4. The molecular formula is C19H23NO5. The van der Waals surface area contributed by atoms with Gasteiger partial charge in [-0.3, -0.25) is 9.69 Å². The van der Waals surface area contributed by atoms with Gasteiger partial charge in [-0.2, -0.15) is 0 Å². The van der Waals surface area contributed by atoms with E-state index in [2.05, 4.69) is 0 Å². The Morgan fingerprint density at radius 1 is 1.28 bits per heavy atom. The summed E-state index contributed by atoms with van der Waals surface area (Å²) in [4.78, 5) is 15.4. The summed E-state index contributed by atoms with van der Waals surface area (Å²) in [6, 6.07) is 3.47. The molecule has 1 heterocycles. The molecule has 0 bridgehead atoms. The Kier molecular flexibility index (Phi) is 3.43. The first-order valence-electron chi connectivity index (χ1n) is 8.51. The molecule has 0 spiro atoms. The van der Waals surface area contributed by atoms with Crippen LogP contribution < -0.4 is 4.74 Å². The molecule has 4 rings (SSSR count). The minimum atomic E-state index is -0.913. The molecule has 0 radical (unpaired) electrons. The summed E-state index contributed by atoms with van der Waals surface area (Å²) in [6.45, 7) is 0.708. The number of methoxy groups -OCH3 is 2. The third-order valence-corrected chi connectivity index (χ3v) is 6.49. The molecule has 134 valence electrons. The van der Waals surface area contributed by atoms with Gasteiger partial charge >= 0.3 is 0 Å². The number of fused-ring (bicyclic) bond motifs is 1. The zero-order valence-electron chi connectivity index (χ0n) is 14.7.